The molecular formula is C15H13N5. The van der Waals surface area contributed by atoms with Crippen molar-refractivity contribution < 1.29 is 0 Å². The number of nitriles is 1. The van der Waals surface area contributed by atoms with Gasteiger partial charge < -0.3 is 5.73 Å². The number of hydrogen-bond acceptors (Lipinski definition) is 4. The second-order valence-electron chi connectivity index (χ2n) is 4.64. The predicted molar refractivity (Wildman–Crippen MR) is 77.0 cm³/mol. The van der Waals surface area contributed by atoms with E-state index < -0.39 is 0 Å². The van der Waals surface area contributed by atoms with Crippen molar-refractivity contribution in [2.45, 2.75) is 13.8 Å². The number of aromatic nitrogens is 3. The number of nitrogen functional groups attached to an aromatic ring is 1. The molecule has 2 aromatic heterocycles. The Kier molecular flexibility index (Phi) is 2.65. The molecule has 2 N–H and O–H groups in total. The van der Waals surface area contributed by atoms with Crippen molar-refractivity contribution >= 4 is 11.5 Å². The molecule has 5 heteroatoms. The molecule has 0 saturated carbocycles. The molecule has 1 aromatic carbocycles. The molecule has 2 heterocycles. The lowest BCUT2D eigenvalue weighted by molar-refractivity contribution is 0.940. The quantitative estimate of drug-likeness (QED) is 0.731. The maximum atomic E-state index is 9.14. The first-order valence-corrected chi connectivity index (χ1v) is 6.24. The monoisotopic (exact) mass is 263 g/mol. The predicted octanol–water partition coefficient (Wildman–Crippen LogP) is 2.47. The minimum atomic E-state index is 0.334. The SMILES string of the molecule is Cc1nc2c(C)c(-c3ccccc3)nn2c(N)c1C#N. The molecule has 0 aliphatic carbocycles. The van der Waals surface area contributed by atoms with Gasteiger partial charge in [-0.3, -0.25) is 0 Å². The number of hydrogen-bond donors (Lipinski definition) is 1. The van der Waals surface area contributed by atoms with Crippen LogP contribution >= 0.6 is 0 Å². The molecule has 0 aliphatic heterocycles. The van der Waals surface area contributed by atoms with Crippen LogP contribution in [0.3, 0.4) is 0 Å². The molecule has 0 fully saturated rings. The van der Waals surface area contributed by atoms with Crippen LogP contribution in [0.4, 0.5) is 5.82 Å². The van der Waals surface area contributed by atoms with Crippen LogP contribution in [0.1, 0.15) is 16.8 Å². The normalized spacial score (nSPS) is 10.7. The third-order valence-corrected chi connectivity index (χ3v) is 3.37. The van der Waals surface area contributed by atoms with E-state index >= 15 is 0 Å². The summed E-state index contributed by atoms with van der Waals surface area (Å²) in [5.41, 5.74) is 10.5. The second-order valence-corrected chi connectivity index (χ2v) is 4.64. The Morgan fingerprint density at radius 1 is 1.20 bits per heavy atom. The summed E-state index contributed by atoms with van der Waals surface area (Å²) >= 11 is 0. The first-order valence-electron chi connectivity index (χ1n) is 6.24. The molecule has 0 unspecified atom stereocenters. The fourth-order valence-electron chi connectivity index (χ4n) is 2.30. The fourth-order valence-corrected chi connectivity index (χ4v) is 2.30. The highest BCUT2D eigenvalue weighted by Gasteiger charge is 2.17. The molecule has 0 amide bonds. The van der Waals surface area contributed by atoms with Crippen LogP contribution in [0.2, 0.25) is 0 Å². The lowest BCUT2D eigenvalue weighted by atomic mass is 10.1. The molecule has 3 rings (SSSR count). The smallest absolute Gasteiger partial charge is 0.161 e. The van der Waals surface area contributed by atoms with Crippen LogP contribution in [0, 0.1) is 25.2 Å². The van der Waals surface area contributed by atoms with Gasteiger partial charge in [0.05, 0.1) is 11.4 Å². The summed E-state index contributed by atoms with van der Waals surface area (Å²) < 4.78 is 1.54. The topological polar surface area (TPSA) is 80.0 Å². The van der Waals surface area contributed by atoms with E-state index in [0.29, 0.717) is 22.7 Å². The molecule has 3 aromatic rings. The summed E-state index contributed by atoms with van der Waals surface area (Å²) in [5, 5.41) is 13.7. The van der Waals surface area contributed by atoms with E-state index in [9.17, 15) is 0 Å². The van der Waals surface area contributed by atoms with Crippen molar-refractivity contribution in [1.82, 2.24) is 14.6 Å². The van der Waals surface area contributed by atoms with Gasteiger partial charge in [-0.1, -0.05) is 30.3 Å². The zero-order chi connectivity index (χ0) is 14.3. The Morgan fingerprint density at radius 3 is 2.55 bits per heavy atom. The first kappa shape index (κ1) is 12.2. The van der Waals surface area contributed by atoms with Crippen molar-refractivity contribution in [2.75, 3.05) is 5.73 Å². The molecule has 0 atom stereocenters. The van der Waals surface area contributed by atoms with Crippen molar-refractivity contribution in [2.24, 2.45) is 0 Å². The number of anilines is 1. The van der Waals surface area contributed by atoms with Gasteiger partial charge in [0.2, 0.25) is 0 Å². The molecule has 0 saturated heterocycles. The van der Waals surface area contributed by atoms with Gasteiger partial charge in [0, 0.05) is 11.1 Å². The summed E-state index contributed by atoms with van der Waals surface area (Å²) in [6.45, 7) is 3.74. The van der Waals surface area contributed by atoms with Gasteiger partial charge in [0.25, 0.3) is 0 Å². The molecule has 0 aliphatic rings. The Morgan fingerprint density at radius 2 is 1.90 bits per heavy atom. The third kappa shape index (κ3) is 1.62. The highest BCUT2D eigenvalue weighted by Crippen LogP contribution is 2.27. The molecular weight excluding hydrogens is 250 g/mol. The lowest BCUT2D eigenvalue weighted by Crippen LogP contribution is -2.06. The molecule has 0 radical (unpaired) electrons. The van der Waals surface area contributed by atoms with E-state index in [4.69, 9.17) is 11.0 Å². The van der Waals surface area contributed by atoms with Gasteiger partial charge in [-0.15, -0.1) is 0 Å². The Labute approximate surface area is 116 Å². The highest BCUT2D eigenvalue weighted by atomic mass is 15.3. The van der Waals surface area contributed by atoms with E-state index in [1.165, 1.54) is 0 Å². The van der Waals surface area contributed by atoms with Crippen molar-refractivity contribution in [3.8, 4) is 17.3 Å². The Balaban J connectivity index is 2.37. The third-order valence-electron chi connectivity index (χ3n) is 3.37. The molecule has 98 valence electrons. The summed E-state index contributed by atoms with van der Waals surface area (Å²) in [4.78, 5) is 4.45. The van der Waals surface area contributed by atoms with Gasteiger partial charge in [-0.05, 0) is 13.8 Å². The van der Waals surface area contributed by atoms with Gasteiger partial charge in [-0.2, -0.15) is 14.9 Å². The molecule has 0 spiro atoms. The Hall–Kier alpha value is -2.87. The van der Waals surface area contributed by atoms with E-state index in [-0.39, 0.29) is 0 Å². The van der Waals surface area contributed by atoms with Crippen molar-refractivity contribution in [3.05, 3.63) is 47.2 Å². The molecule has 0 bridgehead atoms. The average molecular weight is 263 g/mol. The van der Waals surface area contributed by atoms with E-state index in [2.05, 4.69) is 16.2 Å². The minimum absolute atomic E-state index is 0.334. The van der Waals surface area contributed by atoms with E-state index in [0.717, 1.165) is 16.8 Å². The van der Waals surface area contributed by atoms with Crippen LogP contribution in [-0.4, -0.2) is 14.6 Å². The minimum Gasteiger partial charge on any atom is -0.382 e. The number of rotatable bonds is 1. The second kappa shape index (κ2) is 4.35. The Bertz CT molecular complexity index is 840. The highest BCUT2D eigenvalue weighted by molar-refractivity contribution is 5.72. The number of fused-ring (bicyclic) bond motifs is 1. The van der Waals surface area contributed by atoms with Crippen LogP contribution in [0.25, 0.3) is 16.9 Å². The number of benzene rings is 1. The number of nitrogens with two attached hydrogens (primary N) is 1. The number of nitrogens with zero attached hydrogens (tertiary/aromatic N) is 4. The first-order chi connectivity index (χ1) is 9.63. The molecule has 20 heavy (non-hydrogen) atoms. The summed E-state index contributed by atoms with van der Waals surface area (Å²) in [5.74, 6) is 0.334. The van der Waals surface area contributed by atoms with Gasteiger partial charge >= 0.3 is 0 Å². The summed E-state index contributed by atoms with van der Waals surface area (Å²) in [6, 6.07) is 11.9. The maximum Gasteiger partial charge on any atom is 0.161 e. The van der Waals surface area contributed by atoms with Crippen LogP contribution in [0.5, 0.6) is 0 Å². The van der Waals surface area contributed by atoms with Gasteiger partial charge in [0.1, 0.15) is 17.5 Å². The summed E-state index contributed by atoms with van der Waals surface area (Å²) in [6.07, 6.45) is 0. The number of aryl methyl sites for hydroxylation is 2. The standard InChI is InChI=1S/C15H13N5/c1-9-13(11-6-4-3-5-7-11)19-20-14(17)12(8-16)10(2)18-15(9)20/h3-7H,17H2,1-2H3. The maximum absolute atomic E-state index is 9.14. The van der Waals surface area contributed by atoms with Gasteiger partial charge in [-0.25, -0.2) is 4.98 Å². The van der Waals surface area contributed by atoms with E-state index in [1.807, 2.05) is 37.3 Å². The van der Waals surface area contributed by atoms with Crippen LogP contribution in [0.15, 0.2) is 30.3 Å². The van der Waals surface area contributed by atoms with Crippen molar-refractivity contribution in [3.63, 3.8) is 0 Å². The van der Waals surface area contributed by atoms with E-state index in [1.54, 1.807) is 11.4 Å². The zero-order valence-electron chi connectivity index (χ0n) is 11.3. The largest absolute Gasteiger partial charge is 0.382 e. The lowest BCUT2D eigenvalue weighted by Gasteiger charge is -2.03. The van der Waals surface area contributed by atoms with Crippen LogP contribution in [-0.2, 0) is 0 Å². The average Bonchev–Trinajstić information content (AvgIpc) is 2.78. The zero-order valence-corrected chi connectivity index (χ0v) is 11.3. The van der Waals surface area contributed by atoms with Crippen molar-refractivity contribution in [1.29, 1.82) is 5.26 Å². The van der Waals surface area contributed by atoms with Gasteiger partial charge in [0.15, 0.2) is 5.65 Å². The summed E-state index contributed by atoms with van der Waals surface area (Å²) in [7, 11) is 0. The molecule has 5 nitrogen and oxygen atoms in total. The van der Waals surface area contributed by atoms with Crippen LogP contribution < -0.4 is 5.73 Å². The fraction of sp³-hybridized carbons (Fsp3) is 0.133.